The Labute approximate surface area is 110 Å². The summed E-state index contributed by atoms with van der Waals surface area (Å²) < 4.78 is 1.69. The molecule has 102 valence electrons. The molecule has 0 unspecified atom stereocenters. The van der Waals surface area contributed by atoms with Gasteiger partial charge >= 0.3 is 0 Å². The van der Waals surface area contributed by atoms with Crippen molar-refractivity contribution in [3.63, 3.8) is 0 Å². The van der Waals surface area contributed by atoms with Gasteiger partial charge in [0.05, 0.1) is 23.6 Å². The Balaban J connectivity index is 2.68. The molecule has 0 fully saturated rings. The molecule has 2 heterocycles. The zero-order valence-corrected chi connectivity index (χ0v) is 10.9. The summed E-state index contributed by atoms with van der Waals surface area (Å²) in [5.41, 5.74) is 12.0. The molecule has 1 amide bonds. The lowest BCUT2D eigenvalue weighted by molar-refractivity contribution is 0.100. The standard InChI is InChI=1S/C12H17N5O2/c1-3-7(18)4-17-5-8(11(14)19)9-10(13)15-6(2)16-12(9)17/h5,7,18H,3-4H2,1-2H3,(H2,14,19)(H2,13,15,16)/t7-/m1/s1. The van der Waals surface area contributed by atoms with E-state index in [1.807, 2.05) is 6.92 Å². The van der Waals surface area contributed by atoms with E-state index in [0.29, 0.717) is 29.8 Å². The fraction of sp³-hybridized carbons (Fsp3) is 0.417. The van der Waals surface area contributed by atoms with Gasteiger partial charge in [0.15, 0.2) is 0 Å². The van der Waals surface area contributed by atoms with Crippen LogP contribution in [0.4, 0.5) is 5.82 Å². The quantitative estimate of drug-likeness (QED) is 0.727. The highest BCUT2D eigenvalue weighted by Crippen LogP contribution is 2.24. The predicted molar refractivity (Wildman–Crippen MR) is 71.5 cm³/mol. The number of aliphatic hydroxyl groups is 1. The number of carbonyl (C=O) groups excluding carboxylic acids is 1. The first-order valence-corrected chi connectivity index (χ1v) is 6.04. The van der Waals surface area contributed by atoms with Gasteiger partial charge in [0.25, 0.3) is 5.91 Å². The number of anilines is 1. The van der Waals surface area contributed by atoms with Crippen LogP contribution in [0.3, 0.4) is 0 Å². The van der Waals surface area contributed by atoms with Gasteiger partial charge in [-0.15, -0.1) is 0 Å². The van der Waals surface area contributed by atoms with E-state index in [1.54, 1.807) is 17.7 Å². The first-order valence-electron chi connectivity index (χ1n) is 6.04. The fourth-order valence-corrected chi connectivity index (χ4v) is 2.01. The largest absolute Gasteiger partial charge is 0.391 e. The number of fused-ring (bicyclic) bond motifs is 1. The van der Waals surface area contributed by atoms with Gasteiger partial charge in [-0.2, -0.15) is 0 Å². The van der Waals surface area contributed by atoms with E-state index < -0.39 is 12.0 Å². The molecule has 0 spiro atoms. The number of nitrogen functional groups attached to an aromatic ring is 1. The SMILES string of the molecule is CC[C@@H](O)Cn1cc(C(N)=O)c2c(N)nc(C)nc21. The van der Waals surface area contributed by atoms with Crippen LogP contribution in [0, 0.1) is 6.92 Å². The van der Waals surface area contributed by atoms with Gasteiger partial charge in [-0.1, -0.05) is 6.92 Å². The first kappa shape index (κ1) is 13.3. The van der Waals surface area contributed by atoms with Crippen LogP contribution < -0.4 is 11.5 Å². The van der Waals surface area contributed by atoms with Crippen LogP contribution >= 0.6 is 0 Å². The van der Waals surface area contributed by atoms with E-state index in [4.69, 9.17) is 11.5 Å². The number of aryl methyl sites for hydroxylation is 1. The summed E-state index contributed by atoms with van der Waals surface area (Å²) in [7, 11) is 0. The molecule has 2 rings (SSSR count). The molecular weight excluding hydrogens is 246 g/mol. The van der Waals surface area contributed by atoms with Crippen LogP contribution in [0.15, 0.2) is 6.20 Å². The summed E-state index contributed by atoms with van der Waals surface area (Å²) in [5.74, 6) is 0.140. The smallest absolute Gasteiger partial charge is 0.251 e. The third-order valence-electron chi connectivity index (χ3n) is 3.00. The number of carbonyl (C=O) groups is 1. The highest BCUT2D eigenvalue weighted by atomic mass is 16.3. The normalized spacial score (nSPS) is 12.8. The summed E-state index contributed by atoms with van der Waals surface area (Å²) in [6, 6.07) is 0. The minimum Gasteiger partial charge on any atom is -0.391 e. The van der Waals surface area contributed by atoms with E-state index in [0.717, 1.165) is 0 Å². The number of hydrogen-bond donors (Lipinski definition) is 3. The second kappa shape index (κ2) is 4.85. The van der Waals surface area contributed by atoms with E-state index >= 15 is 0 Å². The molecule has 7 heteroatoms. The molecule has 0 aliphatic carbocycles. The number of amides is 1. The maximum Gasteiger partial charge on any atom is 0.251 e. The van der Waals surface area contributed by atoms with Gasteiger partial charge in [0.1, 0.15) is 17.3 Å². The second-order valence-corrected chi connectivity index (χ2v) is 4.48. The number of aromatic nitrogens is 3. The maximum absolute atomic E-state index is 11.5. The second-order valence-electron chi connectivity index (χ2n) is 4.48. The molecule has 5 N–H and O–H groups in total. The minimum atomic E-state index is -0.589. The Hall–Kier alpha value is -2.15. The number of primary amides is 1. The summed E-state index contributed by atoms with van der Waals surface area (Å²) in [6.07, 6.45) is 1.65. The Kier molecular flexibility index (Phi) is 3.39. The van der Waals surface area contributed by atoms with Crippen LogP contribution in [0.1, 0.15) is 29.5 Å². The van der Waals surface area contributed by atoms with Gasteiger partial charge in [-0.25, -0.2) is 9.97 Å². The van der Waals surface area contributed by atoms with E-state index in [-0.39, 0.29) is 11.4 Å². The monoisotopic (exact) mass is 263 g/mol. The van der Waals surface area contributed by atoms with Crippen LogP contribution in [0.25, 0.3) is 11.0 Å². The molecule has 0 saturated heterocycles. The summed E-state index contributed by atoms with van der Waals surface area (Å²) >= 11 is 0. The minimum absolute atomic E-state index is 0.223. The molecular formula is C12H17N5O2. The maximum atomic E-state index is 11.5. The van der Waals surface area contributed by atoms with Gasteiger partial charge in [0, 0.05) is 6.20 Å². The van der Waals surface area contributed by atoms with Crippen molar-refractivity contribution in [2.75, 3.05) is 5.73 Å². The van der Waals surface area contributed by atoms with Crippen LogP contribution in [-0.2, 0) is 6.54 Å². The van der Waals surface area contributed by atoms with E-state index in [2.05, 4.69) is 9.97 Å². The first-order chi connectivity index (χ1) is 8.93. The molecule has 2 aromatic rings. The number of hydrogen-bond acceptors (Lipinski definition) is 5. The lowest BCUT2D eigenvalue weighted by Crippen LogP contribution is -2.15. The van der Waals surface area contributed by atoms with Crippen LogP contribution in [-0.4, -0.2) is 31.7 Å². The lowest BCUT2D eigenvalue weighted by Gasteiger charge is -2.09. The average molecular weight is 263 g/mol. The molecule has 7 nitrogen and oxygen atoms in total. The summed E-state index contributed by atoms with van der Waals surface area (Å²) in [6.45, 7) is 3.92. The summed E-state index contributed by atoms with van der Waals surface area (Å²) in [5, 5.41) is 10.2. The topological polar surface area (TPSA) is 120 Å². The van der Waals surface area contributed by atoms with Crippen molar-refractivity contribution in [2.24, 2.45) is 5.73 Å². The average Bonchev–Trinajstić information content (AvgIpc) is 2.68. The van der Waals surface area contributed by atoms with E-state index in [9.17, 15) is 9.90 Å². The lowest BCUT2D eigenvalue weighted by atomic mass is 10.2. The molecule has 0 aliphatic heterocycles. The fourth-order valence-electron chi connectivity index (χ4n) is 2.01. The molecule has 1 atom stereocenters. The van der Waals surface area contributed by atoms with Crippen molar-refractivity contribution < 1.29 is 9.90 Å². The molecule has 0 radical (unpaired) electrons. The van der Waals surface area contributed by atoms with Gasteiger partial charge in [-0.3, -0.25) is 4.79 Å². The van der Waals surface area contributed by atoms with Crippen molar-refractivity contribution in [3.05, 3.63) is 17.6 Å². The molecule has 0 bridgehead atoms. The van der Waals surface area contributed by atoms with Crippen molar-refractivity contribution in [2.45, 2.75) is 32.9 Å². The third-order valence-corrected chi connectivity index (χ3v) is 3.00. The van der Waals surface area contributed by atoms with Crippen LogP contribution in [0.2, 0.25) is 0 Å². The Morgan fingerprint density at radius 2 is 2.21 bits per heavy atom. The Morgan fingerprint density at radius 3 is 2.79 bits per heavy atom. The van der Waals surface area contributed by atoms with Crippen molar-refractivity contribution >= 4 is 22.8 Å². The molecule has 0 aromatic carbocycles. The molecule has 0 aliphatic rings. The molecule has 0 saturated carbocycles. The number of nitrogens with two attached hydrogens (primary N) is 2. The molecule has 2 aromatic heterocycles. The number of nitrogens with zero attached hydrogens (tertiary/aromatic N) is 3. The number of aliphatic hydroxyl groups excluding tert-OH is 1. The van der Waals surface area contributed by atoms with E-state index in [1.165, 1.54) is 0 Å². The van der Waals surface area contributed by atoms with Gasteiger partial charge < -0.3 is 21.1 Å². The van der Waals surface area contributed by atoms with Gasteiger partial charge in [0.2, 0.25) is 0 Å². The zero-order valence-electron chi connectivity index (χ0n) is 10.9. The number of rotatable bonds is 4. The predicted octanol–water partition coefficient (Wildman–Crippen LogP) is 0.192. The zero-order chi connectivity index (χ0) is 14.2. The highest BCUT2D eigenvalue weighted by Gasteiger charge is 2.18. The van der Waals surface area contributed by atoms with Crippen molar-refractivity contribution in [1.82, 2.24) is 14.5 Å². The highest BCUT2D eigenvalue weighted by molar-refractivity contribution is 6.08. The third kappa shape index (κ3) is 2.37. The summed E-state index contributed by atoms with van der Waals surface area (Å²) in [4.78, 5) is 19.8. The Morgan fingerprint density at radius 1 is 1.53 bits per heavy atom. The van der Waals surface area contributed by atoms with Crippen molar-refractivity contribution in [3.8, 4) is 0 Å². The van der Waals surface area contributed by atoms with Crippen LogP contribution in [0.5, 0.6) is 0 Å². The molecule has 19 heavy (non-hydrogen) atoms. The van der Waals surface area contributed by atoms with Gasteiger partial charge in [-0.05, 0) is 13.3 Å². The van der Waals surface area contributed by atoms with Crippen molar-refractivity contribution in [1.29, 1.82) is 0 Å². The Bertz CT molecular complexity index is 635.